The Hall–Kier alpha value is -3.65. The number of halogens is 1. The average Bonchev–Trinajstić information content (AvgIpc) is 3.53. The minimum atomic E-state index is -1.78. The number of nitrogens with one attached hydrogen (secondary N) is 1. The lowest BCUT2D eigenvalue weighted by Gasteiger charge is -2.39. The summed E-state index contributed by atoms with van der Waals surface area (Å²) in [5.41, 5.74) is 0.131. The maximum Gasteiger partial charge on any atom is 0.330 e. The second-order valence-corrected chi connectivity index (χ2v) is 15.9. The number of nitriles is 1. The molecule has 1 aromatic heterocycles. The zero-order chi connectivity index (χ0) is 39.7. The van der Waals surface area contributed by atoms with E-state index in [9.17, 15) is 14.9 Å². The molecule has 0 radical (unpaired) electrons. The van der Waals surface area contributed by atoms with Gasteiger partial charge in [0.1, 0.15) is 35.4 Å². The first-order valence-electron chi connectivity index (χ1n) is 17.9. The van der Waals surface area contributed by atoms with Crippen LogP contribution in [0.5, 0.6) is 11.5 Å². The van der Waals surface area contributed by atoms with Gasteiger partial charge >= 0.3 is 5.69 Å². The standard InChI is InChI=1S/C40H48IN4O9P/c1-26(2)45(27(3)4)55(52-23-11-22-42)54-35-34(53-38(36(35)50-7)44-24-33(41)37(46)43-39(44)47)25-51-40(28-12-9-8-10-13-28,29-14-18-31(48-5)19-15-29)30-16-20-32(49-6)21-17-30/h8-10,12-21,24,26-27,34-36,38H,11,23,25H2,1-7H3,(H,43,46,47)/t34-,35-,36-,38-,55?/m1/s1. The van der Waals surface area contributed by atoms with Gasteiger partial charge in [-0.25, -0.2) is 9.46 Å². The van der Waals surface area contributed by atoms with Gasteiger partial charge in [-0.2, -0.15) is 5.26 Å². The minimum Gasteiger partial charge on any atom is -0.497 e. The van der Waals surface area contributed by atoms with Gasteiger partial charge in [0.2, 0.25) is 0 Å². The molecule has 0 aliphatic carbocycles. The molecule has 13 nitrogen and oxygen atoms in total. The molecule has 0 amide bonds. The summed E-state index contributed by atoms with van der Waals surface area (Å²) in [5, 5.41) is 9.35. The fourth-order valence-electron chi connectivity index (χ4n) is 6.77. The third-order valence-electron chi connectivity index (χ3n) is 9.27. The summed E-state index contributed by atoms with van der Waals surface area (Å²) < 4.78 is 48.1. The lowest BCUT2D eigenvalue weighted by atomic mass is 9.80. The van der Waals surface area contributed by atoms with Crippen LogP contribution in [0.2, 0.25) is 0 Å². The molecule has 1 saturated heterocycles. The summed E-state index contributed by atoms with van der Waals surface area (Å²) in [6, 6.07) is 27.5. The van der Waals surface area contributed by atoms with E-state index in [4.69, 9.17) is 32.7 Å². The van der Waals surface area contributed by atoms with Crippen molar-refractivity contribution in [3.05, 3.63) is 126 Å². The van der Waals surface area contributed by atoms with Gasteiger partial charge in [-0.05, 0) is 91.2 Å². The summed E-state index contributed by atoms with van der Waals surface area (Å²) >= 11 is 1.88. The van der Waals surface area contributed by atoms with E-state index in [-0.39, 0.29) is 31.7 Å². The number of benzene rings is 3. The van der Waals surface area contributed by atoms with Crippen molar-refractivity contribution in [1.82, 2.24) is 14.2 Å². The quantitative estimate of drug-likeness (QED) is 0.0491. The number of aromatic nitrogens is 2. The Morgan fingerprint density at radius 3 is 1.96 bits per heavy atom. The van der Waals surface area contributed by atoms with Crippen molar-refractivity contribution in [3.8, 4) is 17.6 Å². The maximum atomic E-state index is 13.3. The maximum absolute atomic E-state index is 13.3. The molecule has 0 spiro atoms. The van der Waals surface area contributed by atoms with Crippen LogP contribution in [0.15, 0.2) is 94.6 Å². The molecule has 1 unspecified atom stereocenters. The molecular weight excluding hydrogens is 838 g/mol. The summed E-state index contributed by atoms with van der Waals surface area (Å²) in [4.78, 5) is 28.1. The van der Waals surface area contributed by atoms with Gasteiger partial charge < -0.3 is 32.7 Å². The monoisotopic (exact) mass is 886 g/mol. The molecule has 3 aromatic carbocycles. The largest absolute Gasteiger partial charge is 0.497 e. The van der Waals surface area contributed by atoms with E-state index in [1.807, 2.05) is 101 Å². The predicted molar refractivity (Wildman–Crippen MR) is 217 cm³/mol. The summed E-state index contributed by atoms with van der Waals surface area (Å²) in [5.74, 6) is 1.37. The van der Waals surface area contributed by atoms with Crippen LogP contribution in [0.25, 0.3) is 0 Å². The molecule has 5 rings (SSSR count). The molecule has 55 heavy (non-hydrogen) atoms. The molecule has 294 valence electrons. The van der Waals surface area contributed by atoms with E-state index in [1.165, 1.54) is 17.9 Å². The zero-order valence-corrected chi connectivity index (χ0v) is 35.1. The molecular formula is C40H48IN4O9P. The van der Waals surface area contributed by atoms with Crippen LogP contribution < -0.4 is 20.7 Å². The normalized spacial score (nSPS) is 19.2. The molecule has 0 bridgehead atoms. The number of methoxy groups -OCH3 is 3. The minimum absolute atomic E-state index is 0.0151. The molecule has 2 heterocycles. The fraction of sp³-hybridized carbons (Fsp3) is 0.425. The Bertz CT molecular complexity index is 1930. The van der Waals surface area contributed by atoms with Gasteiger partial charge in [-0.15, -0.1) is 0 Å². The Morgan fingerprint density at radius 1 is 0.891 bits per heavy atom. The van der Waals surface area contributed by atoms with Crippen molar-refractivity contribution >= 4 is 31.1 Å². The average molecular weight is 887 g/mol. The van der Waals surface area contributed by atoms with E-state index >= 15 is 0 Å². The van der Waals surface area contributed by atoms with Crippen LogP contribution >= 0.6 is 31.1 Å². The Labute approximate surface area is 336 Å². The molecule has 1 aliphatic heterocycles. The van der Waals surface area contributed by atoms with E-state index in [0.717, 1.165) is 16.7 Å². The van der Waals surface area contributed by atoms with Gasteiger partial charge in [0, 0.05) is 25.4 Å². The number of hydrogen-bond donors (Lipinski definition) is 1. The Morgan fingerprint density at radius 2 is 1.45 bits per heavy atom. The lowest BCUT2D eigenvalue weighted by molar-refractivity contribution is -0.0958. The third kappa shape index (κ3) is 9.49. The van der Waals surface area contributed by atoms with Crippen molar-refractivity contribution in [3.63, 3.8) is 0 Å². The summed E-state index contributed by atoms with van der Waals surface area (Å²) in [6.07, 6.45) is -1.94. The van der Waals surface area contributed by atoms with Crippen molar-refractivity contribution in [2.45, 2.75) is 76.3 Å². The number of ether oxygens (including phenoxy) is 5. The van der Waals surface area contributed by atoms with Gasteiger partial charge in [-0.1, -0.05) is 54.6 Å². The number of aromatic amines is 1. The molecule has 15 heteroatoms. The number of hydrogen-bond acceptors (Lipinski definition) is 11. The Kier molecular flexibility index (Phi) is 15.0. The van der Waals surface area contributed by atoms with Gasteiger partial charge in [0.15, 0.2) is 6.23 Å². The molecule has 1 N–H and O–H groups in total. The summed E-state index contributed by atoms with van der Waals surface area (Å²) in [6.45, 7) is 8.30. The molecule has 0 saturated carbocycles. The van der Waals surface area contributed by atoms with Gasteiger partial charge in [-0.3, -0.25) is 14.3 Å². The fourth-order valence-corrected chi connectivity index (χ4v) is 8.98. The van der Waals surface area contributed by atoms with E-state index in [0.29, 0.717) is 15.1 Å². The van der Waals surface area contributed by atoms with E-state index in [1.54, 1.807) is 14.2 Å². The highest BCUT2D eigenvalue weighted by molar-refractivity contribution is 14.1. The van der Waals surface area contributed by atoms with Crippen LogP contribution in [-0.4, -0.2) is 79.2 Å². The highest BCUT2D eigenvalue weighted by atomic mass is 127. The highest BCUT2D eigenvalue weighted by Crippen LogP contribution is 2.51. The SMILES string of the molecule is COc1ccc(C(OC[C@H]2O[C@@H](n3cc(I)c(=O)[nH]c3=O)[C@H](OC)[C@@H]2OP(OCCC#N)N(C(C)C)C(C)C)(c2ccccc2)c2ccc(OC)cc2)cc1. The van der Waals surface area contributed by atoms with Crippen LogP contribution in [0.1, 0.15) is 57.0 Å². The van der Waals surface area contributed by atoms with Gasteiger partial charge in [0.05, 0.1) is 43.5 Å². The number of H-pyrrole nitrogens is 1. The van der Waals surface area contributed by atoms with E-state index in [2.05, 4.69) is 43.4 Å². The smallest absolute Gasteiger partial charge is 0.330 e. The first-order chi connectivity index (χ1) is 26.5. The van der Waals surface area contributed by atoms with Crippen LogP contribution in [-0.2, 0) is 28.9 Å². The molecule has 1 fully saturated rings. The molecule has 4 aromatic rings. The van der Waals surface area contributed by atoms with Crippen molar-refractivity contribution < 1.29 is 32.7 Å². The van der Waals surface area contributed by atoms with Gasteiger partial charge in [0.25, 0.3) is 14.1 Å². The third-order valence-corrected chi connectivity index (χ3v) is 12.2. The first kappa shape index (κ1) is 42.5. The topological polar surface area (TPSA) is 147 Å². The number of rotatable bonds is 18. The first-order valence-corrected chi connectivity index (χ1v) is 20.1. The second kappa shape index (κ2) is 19.5. The van der Waals surface area contributed by atoms with Crippen molar-refractivity contribution in [2.75, 3.05) is 34.5 Å². The zero-order valence-electron chi connectivity index (χ0n) is 32.0. The predicted octanol–water partition coefficient (Wildman–Crippen LogP) is 6.74. The van der Waals surface area contributed by atoms with Crippen LogP contribution in [0.3, 0.4) is 0 Å². The molecule has 5 atom stereocenters. The second-order valence-electron chi connectivity index (χ2n) is 13.3. The van der Waals surface area contributed by atoms with Crippen molar-refractivity contribution in [2.24, 2.45) is 0 Å². The summed E-state index contributed by atoms with van der Waals surface area (Å²) in [7, 11) is 2.98. The number of nitrogens with zero attached hydrogens (tertiary/aromatic N) is 3. The Balaban J connectivity index is 1.66. The highest BCUT2D eigenvalue weighted by Gasteiger charge is 2.51. The lowest BCUT2D eigenvalue weighted by Crippen LogP contribution is -2.43. The van der Waals surface area contributed by atoms with Crippen molar-refractivity contribution in [1.29, 1.82) is 5.26 Å². The van der Waals surface area contributed by atoms with Crippen LogP contribution in [0, 0.1) is 14.9 Å². The van der Waals surface area contributed by atoms with E-state index < -0.39 is 49.9 Å². The molecule has 1 aliphatic rings. The van der Waals surface area contributed by atoms with Crippen LogP contribution in [0.4, 0.5) is 0 Å².